The molecule has 0 saturated heterocycles. The second-order valence-corrected chi connectivity index (χ2v) is 4.84. The molecule has 2 N–H and O–H groups in total. The summed E-state index contributed by atoms with van der Waals surface area (Å²) in [4.78, 5) is 22.8. The molecule has 0 aliphatic rings. The molecule has 0 fully saturated rings. The van der Waals surface area contributed by atoms with Crippen LogP contribution in [0.15, 0.2) is 30.5 Å². The van der Waals surface area contributed by atoms with Crippen molar-refractivity contribution in [3.8, 4) is 0 Å². The van der Waals surface area contributed by atoms with Crippen LogP contribution in [0.2, 0.25) is 0 Å². The molecular weight excluding hydrogens is 246 g/mol. The molecule has 6 nitrogen and oxygen atoms in total. The highest BCUT2D eigenvalue weighted by Crippen LogP contribution is 2.12. The fourth-order valence-corrected chi connectivity index (χ4v) is 1.73. The third kappa shape index (κ3) is 2.73. The van der Waals surface area contributed by atoms with Gasteiger partial charge in [0.1, 0.15) is 12.1 Å². The summed E-state index contributed by atoms with van der Waals surface area (Å²) >= 11 is 0. The van der Waals surface area contributed by atoms with Gasteiger partial charge in [-0.25, -0.2) is 4.79 Å². The molecule has 0 bridgehead atoms. The summed E-state index contributed by atoms with van der Waals surface area (Å²) in [6, 6.07) is 7.51. The van der Waals surface area contributed by atoms with Gasteiger partial charge in [-0.3, -0.25) is 9.48 Å². The van der Waals surface area contributed by atoms with Crippen LogP contribution in [0.25, 0.3) is 10.9 Å². The molecule has 1 amide bonds. The van der Waals surface area contributed by atoms with Crippen molar-refractivity contribution in [1.29, 1.82) is 0 Å². The number of aliphatic carboxylic acids is 1. The van der Waals surface area contributed by atoms with E-state index in [-0.39, 0.29) is 12.5 Å². The average Bonchev–Trinajstić information content (AvgIpc) is 2.72. The molecule has 2 rings (SSSR count). The number of amides is 1. The van der Waals surface area contributed by atoms with Crippen molar-refractivity contribution in [2.45, 2.75) is 25.9 Å². The maximum atomic E-state index is 11.8. The highest BCUT2D eigenvalue weighted by Gasteiger charge is 2.28. The highest BCUT2D eigenvalue weighted by molar-refractivity contribution is 5.87. The number of para-hydroxylation sites is 1. The Labute approximate surface area is 110 Å². The first-order chi connectivity index (χ1) is 8.90. The summed E-state index contributed by atoms with van der Waals surface area (Å²) in [7, 11) is 0. The van der Waals surface area contributed by atoms with Crippen molar-refractivity contribution >= 4 is 22.8 Å². The Morgan fingerprint density at radius 1 is 1.37 bits per heavy atom. The van der Waals surface area contributed by atoms with Crippen molar-refractivity contribution in [1.82, 2.24) is 15.1 Å². The number of rotatable bonds is 4. The minimum absolute atomic E-state index is 0.00970. The number of benzene rings is 1. The van der Waals surface area contributed by atoms with Crippen molar-refractivity contribution in [2.75, 3.05) is 0 Å². The van der Waals surface area contributed by atoms with Crippen molar-refractivity contribution in [3.05, 3.63) is 30.5 Å². The molecule has 1 aromatic carbocycles. The van der Waals surface area contributed by atoms with Gasteiger partial charge in [-0.15, -0.1) is 0 Å². The molecule has 0 saturated carbocycles. The van der Waals surface area contributed by atoms with E-state index in [2.05, 4.69) is 10.4 Å². The van der Waals surface area contributed by atoms with Gasteiger partial charge in [0, 0.05) is 5.39 Å². The fraction of sp³-hybridized carbons (Fsp3) is 0.308. The zero-order chi connectivity index (χ0) is 14.0. The molecule has 0 aliphatic carbocycles. The second-order valence-electron chi connectivity index (χ2n) is 4.84. The van der Waals surface area contributed by atoms with E-state index in [1.165, 1.54) is 13.8 Å². The first-order valence-corrected chi connectivity index (χ1v) is 5.85. The van der Waals surface area contributed by atoms with Crippen LogP contribution in [0.3, 0.4) is 0 Å². The van der Waals surface area contributed by atoms with Crippen LogP contribution >= 0.6 is 0 Å². The van der Waals surface area contributed by atoms with E-state index in [1.807, 2.05) is 24.3 Å². The Kier molecular flexibility index (Phi) is 3.25. The fourth-order valence-electron chi connectivity index (χ4n) is 1.73. The van der Waals surface area contributed by atoms with Gasteiger partial charge in [0.15, 0.2) is 0 Å². The summed E-state index contributed by atoms with van der Waals surface area (Å²) < 4.78 is 1.54. The van der Waals surface area contributed by atoms with E-state index in [4.69, 9.17) is 5.11 Å². The van der Waals surface area contributed by atoms with E-state index >= 15 is 0 Å². The summed E-state index contributed by atoms with van der Waals surface area (Å²) in [5, 5.41) is 16.5. The van der Waals surface area contributed by atoms with E-state index in [0.717, 1.165) is 10.9 Å². The minimum Gasteiger partial charge on any atom is -0.480 e. The molecule has 0 spiro atoms. The standard InChI is InChI=1S/C13H15N3O3/c1-13(2,12(18)19)15-11(17)8-16-10-6-4-3-5-9(10)7-14-16/h3-7H,8H2,1-2H3,(H,15,17)(H,18,19). The Morgan fingerprint density at radius 3 is 2.74 bits per heavy atom. The number of nitrogens with zero attached hydrogens (tertiary/aromatic N) is 2. The SMILES string of the molecule is CC(C)(NC(=O)Cn1ncc2ccccc21)C(=O)O. The predicted molar refractivity (Wildman–Crippen MR) is 69.6 cm³/mol. The molecule has 1 aromatic heterocycles. The minimum atomic E-state index is -1.29. The van der Waals surface area contributed by atoms with Crippen LogP contribution in [0.1, 0.15) is 13.8 Å². The smallest absolute Gasteiger partial charge is 0.328 e. The number of hydrogen-bond acceptors (Lipinski definition) is 3. The third-order valence-corrected chi connectivity index (χ3v) is 2.83. The Balaban J connectivity index is 2.13. The monoisotopic (exact) mass is 261 g/mol. The van der Waals surface area contributed by atoms with Gasteiger partial charge < -0.3 is 10.4 Å². The van der Waals surface area contributed by atoms with Crippen LogP contribution in [-0.2, 0) is 16.1 Å². The molecule has 19 heavy (non-hydrogen) atoms. The number of carbonyl (C=O) groups is 2. The Bertz CT molecular complexity index is 631. The highest BCUT2D eigenvalue weighted by atomic mass is 16.4. The van der Waals surface area contributed by atoms with Crippen LogP contribution in [0.5, 0.6) is 0 Å². The summed E-state index contributed by atoms with van der Waals surface area (Å²) in [5.74, 6) is -1.47. The van der Waals surface area contributed by atoms with Gasteiger partial charge >= 0.3 is 5.97 Å². The second kappa shape index (κ2) is 4.72. The van der Waals surface area contributed by atoms with Crippen molar-refractivity contribution in [2.24, 2.45) is 0 Å². The quantitative estimate of drug-likeness (QED) is 0.860. The number of carboxylic acids is 1. The first-order valence-electron chi connectivity index (χ1n) is 5.85. The normalized spacial score (nSPS) is 11.5. The predicted octanol–water partition coefficient (Wildman–Crippen LogP) is 1.02. The van der Waals surface area contributed by atoms with Crippen molar-refractivity contribution < 1.29 is 14.7 Å². The maximum absolute atomic E-state index is 11.8. The molecule has 6 heteroatoms. The lowest BCUT2D eigenvalue weighted by Crippen LogP contribution is -2.50. The van der Waals surface area contributed by atoms with Gasteiger partial charge in [-0.1, -0.05) is 18.2 Å². The molecule has 0 atom stereocenters. The first kappa shape index (κ1) is 13.1. The van der Waals surface area contributed by atoms with Gasteiger partial charge in [0.2, 0.25) is 5.91 Å². The van der Waals surface area contributed by atoms with Crippen molar-refractivity contribution in [3.63, 3.8) is 0 Å². The molecule has 100 valence electrons. The van der Waals surface area contributed by atoms with Crippen LogP contribution < -0.4 is 5.32 Å². The van der Waals surface area contributed by atoms with E-state index in [0.29, 0.717) is 0 Å². The zero-order valence-electron chi connectivity index (χ0n) is 10.8. The lowest BCUT2D eigenvalue weighted by molar-refractivity contribution is -0.146. The van der Waals surface area contributed by atoms with Gasteiger partial charge in [0.25, 0.3) is 0 Å². The number of carbonyl (C=O) groups excluding carboxylic acids is 1. The van der Waals surface area contributed by atoms with Gasteiger partial charge in [-0.2, -0.15) is 5.10 Å². The average molecular weight is 261 g/mol. The lowest BCUT2D eigenvalue weighted by Gasteiger charge is -2.20. The summed E-state index contributed by atoms with van der Waals surface area (Å²) in [6.07, 6.45) is 1.67. The maximum Gasteiger partial charge on any atom is 0.328 e. The number of aromatic nitrogens is 2. The number of carboxylic acid groups (broad SMARTS) is 1. The molecule has 2 aromatic rings. The summed E-state index contributed by atoms with van der Waals surface area (Å²) in [5.41, 5.74) is -0.453. The van der Waals surface area contributed by atoms with Crippen LogP contribution in [0.4, 0.5) is 0 Å². The van der Waals surface area contributed by atoms with E-state index in [9.17, 15) is 9.59 Å². The Morgan fingerprint density at radius 2 is 2.05 bits per heavy atom. The van der Waals surface area contributed by atoms with E-state index in [1.54, 1.807) is 10.9 Å². The van der Waals surface area contributed by atoms with E-state index < -0.39 is 11.5 Å². The van der Waals surface area contributed by atoms with Gasteiger partial charge in [0.05, 0.1) is 11.7 Å². The zero-order valence-corrected chi connectivity index (χ0v) is 10.8. The molecule has 1 heterocycles. The lowest BCUT2D eigenvalue weighted by atomic mass is 10.1. The number of fused-ring (bicyclic) bond motifs is 1. The molecule has 0 unspecified atom stereocenters. The molecule has 0 radical (unpaired) electrons. The van der Waals surface area contributed by atoms with Crippen LogP contribution in [-0.4, -0.2) is 32.3 Å². The number of nitrogens with one attached hydrogen (secondary N) is 1. The Hall–Kier alpha value is -2.37. The largest absolute Gasteiger partial charge is 0.480 e. The number of hydrogen-bond donors (Lipinski definition) is 2. The summed E-state index contributed by atoms with van der Waals surface area (Å²) in [6.45, 7) is 2.87. The third-order valence-electron chi connectivity index (χ3n) is 2.83. The molecule has 0 aliphatic heterocycles. The molecular formula is C13H15N3O3. The topological polar surface area (TPSA) is 84.2 Å². The van der Waals surface area contributed by atoms with Gasteiger partial charge in [-0.05, 0) is 19.9 Å². The van der Waals surface area contributed by atoms with Crippen LogP contribution in [0, 0.1) is 0 Å².